The zero-order valence-electron chi connectivity index (χ0n) is 10.0. The van der Waals surface area contributed by atoms with E-state index >= 15 is 0 Å². The Balaban J connectivity index is 2.53. The predicted octanol–water partition coefficient (Wildman–Crippen LogP) is -1.68. The summed E-state index contributed by atoms with van der Waals surface area (Å²) in [7, 11) is 0. The highest BCUT2D eigenvalue weighted by atomic mass is 16.4. The number of hydrogen-bond donors (Lipinski definition) is 4. The third-order valence-corrected chi connectivity index (χ3v) is 2.63. The molecule has 0 aromatic heterocycles. The number of carbonyl (C=O) groups is 3. The second-order valence-corrected chi connectivity index (χ2v) is 4.10. The van der Waals surface area contributed by atoms with Gasteiger partial charge in [-0.3, -0.25) is 4.79 Å². The molecule has 0 radical (unpaired) electrons. The summed E-state index contributed by atoms with van der Waals surface area (Å²) in [6.07, 6.45) is 0.397. The summed E-state index contributed by atoms with van der Waals surface area (Å²) < 4.78 is 0. The number of aliphatic carboxylic acids is 1. The van der Waals surface area contributed by atoms with Crippen LogP contribution < -0.4 is 16.4 Å². The molecular weight excluding hydrogens is 240 g/mol. The first kappa shape index (κ1) is 14.2. The summed E-state index contributed by atoms with van der Waals surface area (Å²) in [6.45, 7) is 2.56. The third kappa shape index (κ3) is 4.58. The first-order valence-electron chi connectivity index (χ1n) is 5.78. The second kappa shape index (κ2) is 6.80. The van der Waals surface area contributed by atoms with E-state index in [2.05, 4.69) is 10.6 Å². The first-order chi connectivity index (χ1) is 8.50. The molecule has 1 aliphatic heterocycles. The molecule has 0 saturated carbocycles. The van der Waals surface area contributed by atoms with Crippen LogP contribution in [-0.4, -0.2) is 60.1 Å². The van der Waals surface area contributed by atoms with Gasteiger partial charge in [0.1, 0.15) is 6.04 Å². The molecule has 8 heteroatoms. The van der Waals surface area contributed by atoms with Crippen molar-refractivity contribution in [3.05, 3.63) is 0 Å². The molecule has 1 saturated heterocycles. The van der Waals surface area contributed by atoms with Gasteiger partial charge < -0.3 is 26.4 Å². The smallest absolute Gasteiger partial charge is 0.326 e. The van der Waals surface area contributed by atoms with E-state index in [1.807, 2.05) is 0 Å². The molecule has 1 atom stereocenters. The van der Waals surface area contributed by atoms with E-state index in [4.69, 9.17) is 10.8 Å². The Bertz CT molecular complexity index is 326. The number of carboxylic acid groups (broad SMARTS) is 1. The van der Waals surface area contributed by atoms with Gasteiger partial charge in [0.25, 0.3) is 0 Å². The van der Waals surface area contributed by atoms with Gasteiger partial charge in [-0.05, 0) is 13.0 Å². The quantitative estimate of drug-likeness (QED) is 0.479. The Morgan fingerprint density at radius 2 is 2.06 bits per heavy atom. The summed E-state index contributed by atoms with van der Waals surface area (Å²) >= 11 is 0. The molecule has 3 amide bonds. The van der Waals surface area contributed by atoms with Crippen LogP contribution in [0.3, 0.4) is 0 Å². The molecule has 1 rings (SSSR count). The van der Waals surface area contributed by atoms with Crippen LogP contribution in [0, 0.1) is 0 Å². The highest BCUT2D eigenvalue weighted by Gasteiger charge is 2.25. The molecule has 0 bridgehead atoms. The van der Waals surface area contributed by atoms with Crippen molar-refractivity contribution in [2.45, 2.75) is 18.9 Å². The van der Waals surface area contributed by atoms with Crippen LogP contribution in [0.25, 0.3) is 0 Å². The van der Waals surface area contributed by atoms with E-state index < -0.39 is 30.4 Å². The van der Waals surface area contributed by atoms with E-state index in [-0.39, 0.29) is 0 Å². The molecule has 1 heterocycles. The highest BCUT2D eigenvalue weighted by Crippen LogP contribution is 1.99. The maximum absolute atomic E-state index is 11.8. The molecule has 0 aromatic carbocycles. The first-order valence-corrected chi connectivity index (χ1v) is 5.78. The van der Waals surface area contributed by atoms with E-state index in [0.29, 0.717) is 19.6 Å². The monoisotopic (exact) mass is 258 g/mol. The maximum Gasteiger partial charge on any atom is 0.326 e. The molecular formula is C10H18N4O4. The molecule has 0 aliphatic carbocycles. The lowest BCUT2D eigenvalue weighted by Crippen LogP contribution is -2.50. The van der Waals surface area contributed by atoms with E-state index in [9.17, 15) is 14.4 Å². The van der Waals surface area contributed by atoms with Gasteiger partial charge in [0.05, 0.1) is 6.42 Å². The number of carboxylic acids is 1. The predicted molar refractivity (Wildman–Crippen MR) is 62.8 cm³/mol. The summed E-state index contributed by atoms with van der Waals surface area (Å²) in [4.78, 5) is 34.9. The van der Waals surface area contributed by atoms with Crippen LogP contribution >= 0.6 is 0 Å². The molecule has 8 nitrogen and oxygen atoms in total. The van der Waals surface area contributed by atoms with Crippen molar-refractivity contribution in [1.82, 2.24) is 15.5 Å². The zero-order chi connectivity index (χ0) is 13.5. The number of amides is 3. The Morgan fingerprint density at radius 3 is 2.67 bits per heavy atom. The fourth-order valence-electron chi connectivity index (χ4n) is 1.69. The third-order valence-electron chi connectivity index (χ3n) is 2.63. The number of primary amides is 1. The largest absolute Gasteiger partial charge is 0.480 e. The molecule has 0 aromatic rings. The van der Waals surface area contributed by atoms with Crippen molar-refractivity contribution < 1.29 is 19.5 Å². The Hall–Kier alpha value is -1.83. The number of nitrogens with two attached hydrogens (primary N) is 1. The van der Waals surface area contributed by atoms with Gasteiger partial charge in [-0.15, -0.1) is 0 Å². The summed E-state index contributed by atoms with van der Waals surface area (Å²) in [5, 5.41) is 14.3. The molecule has 102 valence electrons. The number of nitrogens with zero attached hydrogens (tertiary/aromatic N) is 1. The lowest BCUT2D eigenvalue weighted by Gasteiger charge is -2.22. The van der Waals surface area contributed by atoms with Gasteiger partial charge in [0.2, 0.25) is 5.91 Å². The van der Waals surface area contributed by atoms with Crippen LogP contribution in [-0.2, 0) is 9.59 Å². The molecule has 0 unspecified atom stereocenters. The van der Waals surface area contributed by atoms with Crippen molar-refractivity contribution in [3.8, 4) is 0 Å². The van der Waals surface area contributed by atoms with E-state index in [1.54, 1.807) is 0 Å². The van der Waals surface area contributed by atoms with Crippen LogP contribution in [0.2, 0.25) is 0 Å². The topological polar surface area (TPSA) is 125 Å². The lowest BCUT2D eigenvalue weighted by molar-refractivity contribution is -0.140. The van der Waals surface area contributed by atoms with Crippen molar-refractivity contribution >= 4 is 17.9 Å². The molecule has 0 spiro atoms. The van der Waals surface area contributed by atoms with E-state index in [1.165, 1.54) is 4.90 Å². The standard InChI is InChI=1S/C10H18N4O4/c11-8(15)6-7(9(16)17)13-10(18)14-4-1-2-12-3-5-14/h7,12H,1-6H2,(H2,11,15)(H,13,18)(H,16,17)/t7-/m0/s1. The molecule has 1 aliphatic rings. The fourth-order valence-corrected chi connectivity index (χ4v) is 1.69. The van der Waals surface area contributed by atoms with Crippen molar-refractivity contribution in [1.29, 1.82) is 0 Å². The molecule has 1 fully saturated rings. The zero-order valence-corrected chi connectivity index (χ0v) is 10.0. The van der Waals surface area contributed by atoms with Crippen molar-refractivity contribution in [3.63, 3.8) is 0 Å². The number of urea groups is 1. The van der Waals surface area contributed by atoms with Gasteiger partial charge in [0, 0.05) is 19.6 Å². The van der Waals surface area contributed by atoms with Gasteiger partial charge in [-0.25, -0.2) is 9.59 Å². The molecule has 5 N–H and O–H groups in total. The Morgan fingerprint density at radius 1 is 1.33 bits per heavy atom. The lowest BCUT2D eigenvalue weighted by atomic mass is 10.2. The van der Waals surface area contributed by atoms with Crippen molar-refractivity contribution in [2.24, 2.45) is 5.73 Å². The summed E-state index contributed by atoms with van der Waals surface area (Å²) in [5.74, 6) is -2.03. The number of rotatable bonds is 4. The van der Waals surface area contributed by atoms with Crippen LogP contribution in [0.4, 0.5) is 4.79 Å². The number of nitrogens with one attached hydrogen (secondary N) is 2. The Labute approximate surface area is 104 Å². The summed E-state index contributed by atoms with van der Waals surface area (Å²) in [6, 6.07) is -1.75. The Kier molecular flexibility index (Phi) is 5.37. The second-order valence-electron chi connectivity index (χ2n) is 4.10. The SMILES string of the molecule is NC(=O)C[C@H](NC(=O)N1CCCNCC1)C(=O)O. The minimum atomic E-state index is -1.27. The van der Waals surface area contributed by atoms with Crippen LogP contribution in [0.5, 0.6) is 0 Å². The van der Waals surface area contributed by atoms with Crippen LogP contribution in [0.15, 0.2) is 0 Å². The normalized spacial score (nSPS) is 17.7. The van der Waals surface area contributed by atoms with Gasteiger partial charge in [0.15, 0.2) is 0 Å². The van der Waals surface area contributed by atoms with Crippen molar-refractivity contribution in [2.75, 3.05) is 26.2 Å². The van der Waals surface area contributed by atoms with Crippen LogP contribution in [0.1, 0.15) is 12.8 Å². The molecule has 18 heavy (non-hydrogen) atoms. The summed E-state index contributed by atoms with van der Waals surface area (Å²) in [5.41, 5.74) is 4.93. The maximum atomic E-state index is 11.8. The number of carbonyl (C=O) groups excluding carboxylic acids is 2. The average molecular weight is 258 g/mol. The minimum absolute atomic E-state index is 0.410. The van der Waals surface area contributed by atoms with Gasteiger partial charge in [-0.1, -0.05) is 0 Å². The van der Waals surface area contributed by atoms with E-state index in [0.717, 1.165) is 13.0 Å². The van der Waals surface area contributed by atoms with Gasteiger partial charge >= 0.3 is 12.0 Å². The average Bonchev–Trinajstić information content (AvgIpc) is 2.55. The fraction of sp³-hybridized carbons (Fsp3) is 0.700. The van der Waals surface area contributed by atoms with Gasteiger partial charge in [-0.2, -0.15) is 0 Å². The minimum Gasteiger partial charge on any atom is -0.480 e. The highest BCUT2D eigenvalue weighted by molar-refractivity contribution is 5.87. The number of hydrogen-bond acceptors (Lipinski definition) is 4.